The molecule has 5 rings (SSSR count). The van der Waals surface area contributed by atoms with Crippen molar-refractivity contribution in [1.82, 2.24) is 15.0 Å². The fraction of sp³-hybridized carbons (Fsp3) is 0.227. The summed E-state index contributed by atoms with van der Waals surface area (Å²) in [4.78, 5) is 14.8. The van der Waals surface area contributed by atoms with Gasteiger partial charge in [-0.25, -0.2) is 0 Å². The molecule has 3 heterocycles. The summed E-state index contributed by atoms with van der Waals surface area (Å²) in [6.07, 6.45) is 10.00. The lowest BCUT2D eigenvalue weighted by Crippen LogP contribution is -2.21. The van der Waals surface area contributed by atoms with E-state index >= 15 is 0 Å². The highest BCUT2D eigenvalue weighted by Crippen LogP contribution is 2.35. The molecule has 0 bridgehead atoms. The Bertz CT molecular complexity index is 1140. The van der Waals surface area contributed by atoms with Crippen LogP contribution in [0.3, 0.4) is 0 Å². The van der Waals surface area contributed by atoms with Crippen molar-refractivity contribution in [2.75, 3.05) is 11.4 Å². The topological polar surface area (TPSA) is 71.4 Å². The summed E-state index contributed by atoms with van der Waals surface area (Å²) in [5, 5.41) is 10.6. The van der Waals surface area contributed by atoms with E-state index in [1.807, 2.05) is 6.08 Å². The molecule has 0 radical (unpaired) electrons. The van der Waals surface area contributed by atoms with Gasteiger partial charge in [-0.05, 0) is 49.6 Å². The van der Waals surface area contributed by atoms with E-state index in [0.717, 1.165) is 31.6 Å². The minimum absolute atomic E-state index is 0.0981. The van der Waals surface area contributed by atoms with Crippen molar-refractivity contribution in [2.45, 2.75) is 26.2 Å². The molecule has 3 aromatic rings. The zero-order valence-electron chi connectivity index (χ0n) is 15.6. The lowest BCUT2D eigenvalue weighted by atomic mass is 10.1. The monoisotopic (exact) mass is 372 g/mol. The molecule has 1 aliphatic heterocycles. The first-order valence-corrected chi connectivity index (χ1v) is 9.43. The molecule has 6 nitrogen and oxygen atoms in total. The highest BCUT2D eigenvalue weighted by Gasteiger charge is 2.23. The van der Waals surface area contributed by atoms with Crippen molar-refractivity contribution in [3.05, 3.63) is 71.4 Å². The largest absolute Gasteiger partial charge is 0.493 e. The number of aryl methyl sites for hydroxylation is 1. The molecule has 0 fully saturated rings. The number of fused-ring (bicyclic) bond motifs is 2. The Morgan fingerprint density at radius 1 is 1.07 bits per heavy atom. The molecule has 2 aromatic heterocycles. The Balaban J connectivity index is 1.37. The molecule has 0 saturated carbocycles. The van der Waals surface area contributed by atoms with Gasteiger partial charge in [-0.3, -0.25) is 4.98 Å². The van der Waals surface area contributed by atoms with Crippen LogP contribution < -0.4 is 9.64 Å². The maximum atomic E-state index is 10.1. The summed E-state index contributed by atoms with van der Waals surface area (Å²) in [6, 6.07) is 8.49. The molecule has 1 aliphatic carbocycles. The molecule has 2 aliphatic rings. The van der Waals surface area contributed by atoms with E-state index in [1.54, 1.807) is 18.5 Å². The summed E-state index contributed by atoms with van der Waals surface area (Å²) in [5.41, 5.74) is 5.89. The second-order valence-corrected chi connectivity index (χ2v) is 7.15. The van der Waals surface area contributed by atoms with Gasteiger partial charge in [0.15, 0.2) is 0 Å². The van der Waals surface area contributed by atoms with Gasteiger partial charge in [-0.15, -0.1) is 0 Å². The molecular weight excluding hydrogens is 352 g/mol. The van der Waals surface area contributed by atoms with Crippen LogP contribution in [0.4, 0.5) is 5.69 Å². The van der Waals surface area contributed by atoms with E-state index in [1.165, 1.54) is 22.5 Å². The zero-order chi connectivity index (χ0) is 19.1. The van der Waals surface area contributed by atoms with Crippen LogP contribution in [-0.4, -0.2) is 26.6 Å². The maximum absolute atomic E-state index is 10.1. The Labute approximate surface area is 162 Å². The highest BCUT2D eigenvalue weighted by atomic mass is 16.5. The lowest BCUT2D eigenvalue weighted by molar-refractivity contribution is 0.360. The summed E-state index contributed by atoms with van der Waals surface area (Å²) in [5.74, 6) is 0.689. The number of benzene rings is 1. The van der Waals surface area contributed by atoms with Crippen LogP contribution >= 0.6 is 0 Å². The molecular formula is C22H20N4O2. The minimum Gasteiger partial charge on any atom is -0.493 e. The zero-order valence-corrected chi connectivity index (χ0v) is 15.6. The van der Waals surface area contributed by atoms with Crippen molar-refractivity contribution in [3.8, 4) is 11.9 Å². The van der Waals surface area contributed by atoms with E-state index < -0.39 is 0 Å². The molecule has 1 N–H and O–H groups in total. The summed E-state index contributed by atoms with van der Waals surface area (Å²) >= 11 is 0. The fourth-order valence-electron chi connectivity index (χ4n) is 3.85. The third-order valence-electron chi connectivity index (χ3n) is 5.25. The minimum atomic E-state index is -0.0981. The molecule has 0 saturated heterocycles. The van der Waals surface area contributed by atoms with Gasteiger partial charge in [0, 0.05) is 30.5 Å². The van der Waals surface area contributed by atoms with E-state index in [4.69, 9.17) is 4.74 Å². The van der Waals surface area contributed by atoms with Crippen molar-refractivity contribution >= 4 is 16.6 Å². The predicted octanol–water partition coefficient (Wildman–Crippen LogP) is 4.04. The molecule has 0 amide bonds. The Kier molecular flexibility index (Phi) is 3.97. The van der Waals surface area contributed by atoms with Gasteiger partial charge in [0.2, 0.25) is 5.88 Å². The van der Waals surface area contributed by atoms with E-state index in [-0.39, 0.29) is 11.9 Å². The maximum Gasteiger partial charge on any atom is 0.325 e. The quantitative estimate of drug-likeness (QED) is 0.748. The second-order valence-electron chi connectivity index (χ2n) is 7.15. The van der Waals surface area contributed by atoms with Crippen molar-refractivity contribution < 1.29 is 9.84 Å². The normalized spacial score (nSPS) is 16.0. The number of anilines is 1. The molecule has 140 valence electrons. The van der Waals surface area contributed by atoms with Crippen LogP contribution in [0, 0.1) is 6.92 Å². The average Bonchev–Trinajstić information content (AvgIpc) is 3.11. The fourth-order valence-corrected chi connectivity index (χ4v) is 3.85. The third kappa shape index (κ3) is 2.97. The highest BCUT2D eigenvalue weighted by molar-refractivity contribution is 5.82. The van der Waals surface area contributed by atoms with Crippen LogP contribution in [-0.2, 0) is 6.42 Å². The third-order valence-corrected chi connectivity index (χ3v) is 5.25. The van der Waals surface area contributed by atoms with Crippen LogP contribution in [0.25, 0.3) is 10.9 Å². The summed E-state index contributed by atoms with van der Waals surface area (Å²) < 4.78 is 5.83. The van der Waals surface area contributed by atoms with Crippen molar-refractivity contribution in [3.63, 3.8) is 0 Å². The number of hydrogen-bond donors (Lipinski definition) is 1. The average molecular weight is 372 g/mol. The van der Waals surface area contributed by atoms with Crippen molar-refractivity contribution in [1.29, 1.82) is 0 Å². The predicted molar refractivity (Wildman–Crippen MR) is 107 cm³/mol. The lowest BCUT2D eigenvalue weighted by Gasteiger charge is -2.25. The smallest absolute Gasteiger partial charge is 0.325 e. The van der Waals surface area contributed by atoms with Gasteiger partial charge in [-0.1, -0.05) is 17.7 Å². The molecule has 6 heteroatoms. The number of rotatable bonds is 3. The SMILES string of the molecule is Cc1ccc2c(c1)CCN2C1=CC=C(Oc2nc(O)c3ccncc3n2)CC1. The number of aromatic hydroxyl groups is 1. The van der Waals surface area contributed by atoms with Gasteiger partial charge < -0.3 is 14.7 Å². The standard InChI is InChI=1S/C22H20N4O2/c1-14-2-7-20-15(12-14)9-11-26(20)16-3-5-17(6-4-16)28-22-24-19-13-23-10-8-18(19)21(27)25-22/h2-3,5,7-8,10,12-13H,4,6,9,11H2,1H3,(H,24,25,27). The summed E-state index contributed by atoms with van der Waals surface area (Å²) in [7, 11) is 0. The summed E-state index contributed by atoms with van der Waals surface area (Å²) in [6.45, 7) is 3.15. The Hall–Kier alpha value is -3.41. The van der Waals surface area contributed by atoms with Gasteiger partial charge in [0.05, 0.1) is 17.1 Å². The van der Waals surface area contributed by atoms with Gasteiger partial charge >= 0.3 is 6.01 Å². The molecule has 0 unspecified atom stereocenters. The van der Waals surface area contributed by atoms with E-state index in [0.29, 0.717) is 10.9 Å². The Morgan fingerprint density at radius 3 is 2.86 bits per heavy atom. The van der Waals surface area contributed by atoms with Gasteiger partial charge in [0.1, 0.15) is 5.76 Å². The molecule has 28 heavy (non-hydrogen) atoms. The van der Waals surface area contributed by atoms with Crippen LogP contribution in [0.2, 0.25) is 0 Å². The number of aromatic nitrogens is 3. The van der Waals surface area contributed by atoms with Gasteiger partial charge in [0.25, 0.3) is 0 Å². The Morgan fingerprint density at radius 2 is 2.00 bits per heavy atom. The first-order valence-electron chi connectivity index (χ1n) is 9.43. The van der Waals surface area contributed by atoms with E-state index in [2.05, 4.69) is 51.1 Å². The molecule has 0 spiro atoms. The molecule has 0 atom stereocenters. The number of ether oxygens (including phenoxy) is 1. The molecule has 1 aromatic carbocycles. The van der Waals surface area contributed by atoms with Crippen LogP contribution in [0.1, 0.15) is 24.0 Å². The van der Waals surface area contributed by atoms with Crippen LogP contribution in [0.15, 0.2) is 60.3 Å². The van der Waals surface area contributed by atoms with E-state index in [9.17, 15) is 5.11 Å². The first kappa shape index (κ1) is 16.7. The van der Waals surface area contributed by atoms with Crippen LogP contribution in [0.5, 0.6) is 11.9 Å². The number of allylic oxidation sites excluding steroid dienone is 4. The number of nitrogens with zero attached hydrogens (tertiary/aromatic N) is 4. The van der Waals surface area contributed by atoms with Gasteiger partial charge in [-0.2, -0.15) is 9.97 Å². The first-order chi connectivity index (χ1) is 13.7. The second kappa shape index (κ2) is 6.64. The number of hydrogen-bond acceptors (Lipinski definition) is 6. The van der Waals surface area contributed by atoms with Crippen molar-refractivity contribution in [2.24, 2.45) is 0 Å². The number of pyridine rings is 1.